The highest BCUT2D eigenvalue weighted by Crippen LogP contribution is 2.25. The maximum absolute atomic E-state index is 11.4. The van der Waals surface area contributed by atoms with Crippen molar-refractivity contribution in [2.24, 2.45) is 0 Å². The van der Waals surface area contributed by atoms with E-state index in [1.807, 2.05) is 0 Å². The number of hydrogen-bond donors (Lipinski definition) is 2. The van der Waals surface area contributed by atoms with Gasteiger partial charge in [-0.3, -0.25) is 0 Å². The molecule has 0 spiro atoms. The van der Waals surface area contributed by atoms with Gasteiger partial charge in [0.15, 0.2) is 5.82 Å². The lowest BCUT2D eigenvalue weighted by Crippen LogP contribution is -2.15. The summed E-state index contributed by atoms with van der Waals surface area (Å²) in [6, 6.07) is 7.05. The molecule has 20 heavy (non-hydrogen) atoms. The summed E-state index contributed by atoms with van der Waals surface area (Å²) in [6.07, 6.45) is 1.24. The quantitative estimate of drug-likeness (QED) is 0.730. The van der Waals surface area contributed by atoms with Crippen LogP contribution in [0.25, 0.3) is 11.0 Å². The Bertz CT molecular complexity index is 733. The van der Waals surface area contributed by atoms with Crippen molar-refractivity contribution in [1.29, 1.82) is 0 Å². The maximum Gasteiger partial charge on any atom is 0.339 e. The minimum atomic E-state index is -1.01. The van der Waals surface area contributed by atoms with E-state index in [0.717, 1.165) is 0 Å². The maximum atomic E-state index is 11.4. The topological polar surface area (TPSA) is 101 Å². The molecule has 0 aliphatic heterocycles. The van der Waals surface area contributed by atoms with Gasteiger partial charge in [-0.1, -0.05) is 23.4 Å². The first-order valence-electron chi connectivity index (χ1n) is 5.95. The minimum Gasteiger partial charge on any atom is -0.478 e. The fraction of sp³-hybridized carbons (Fsp3) is 0.154. The van der Waals surface area contributed by atoms with Gasteiger partial charge in [0, 0.05) is 5.39 Å². The van der Waals surface area contributed by atoms with Gasteiger partial charge < -0.3 is 19.4 Å². The fourth-order valence-electron chi connectivity index (χ4n) is 2.01. The number of para-hydroxylation sites is 1. The monoisotopic (exact) mass is 273 g/mol. The summed E-state index contributed by atoms with van der Waals surface area (Å²) in [7, 11) is 0. The molecular weight excluding hydrogens is 262 g/mol. The molecule has 1 aromatic carbocycles. The van der Waals surface area contributed by atoms with E-state index in [1.54, 1.807) is 24.3 Å². The molecule has 0 saturated heterocycles. The fourth-order valence-corrected chi connectivity index (χ4v) is 2.01. The lowest BCUT2D eigenvalue weighted by Gasteiger charge is -2.00. The van der Waals surface area contributed by atoms with Crippen molar-refractivity contribution in [3.63, 3.8) is 0 Å². The average molecular weight is 273 g/mol. The zero-order valence-corrected chi connectivity index (χ0v) is 10.4. The molecule has 0 amide bonds. The standard InChI is InChI=1S/C13H11N3O4/c17-13(18)12-8-3-1-2-4-9(8)20-10(12)5-14-6-11-15-7-19-16-11/h1-4,7,14H,5-6H2,(H,17,18). The van der Waals surface area contributed by atoms with Crippen molar-refractivity contribution >= 4 is 16.9 Å². The van der Waals surface area contributed by atoms with Gasteiger partial charge in [-0.15, -0.1) is 0 Å². The number of furan rings is 1. The summed E-state index contributed by atoms with van der Waals surface area (Å²) in [6.45, 7) is 0.636. The molecule has 2 heterocycles. The van der Waals surface area contributed by atoms with Crippen molar-refractivity contribution in [1.82, 2.24) is 15.5 Å². The average Bonchev–Trinajstić information content (AvgIpc) is 3.05. The SMILES string of the molecule is O=C(O)c1c(CNCc2ncon2)oc2ccccc12. The summed E-state index contributed by atoms with van der Waals surface area (Å²) >= 11 is 0. The molecule has 3 rings (SSSR count). The van der Waals surface area contributed by atoms with Crippen LogP contribution in [-0.4, -0.2) is 21.2 Å². The second kappa shape index (κ2) is 5.14. The molecular formula is C13H11N3O4. The van der Waals surface area contributed by atoms with E-state index < -0.39 is 5.97 Å². The number of fused-ring (bicyclic) bond motifs is 1. The first kappa shape index (κ1) is 12.4. The molecule has 7 heteroatoms. The number of rotatable bonds is 5. The number of nitrogens with one attached hydrogen (secondary N) is 1. The Hall–Kier alpha value is -2.67. The second-order valence-corrected chi connectivity index (χ2v) is 4.15. The normalized spacial score (nSPS) is 11.0. The lowest BCUT2D eigenvalue weighted by atomic mass is 10.1. The minimum absolute atomic E-state index is 0.182. The van der Waals surface area contributed by atoms with E-state index >= 15 is 0 Å². The Morgan fingerprint density at radius 3 is 2.90 bits per heavy atom. The van der Waals surface area contributed by atoms with Crippen molar-refractivity contribution in [3.05, 3.63) is 47.8 Å². The molecule has 2 aromatic heterocycles. The van der Waals surface area contributed by atoms with Gasteiger partial charge in [0.25, 0.3) is 0 Å². The number of aromatic nitrogens is 2. The number of carboxylic acid groups (broad SMARTS) is 1. The summed E-state index contributed by atoms with van der Waals surface area (Å²) in [4.78, 5) is 15.2. The Morgan fingerprint density at radius 1 is 1.30 bits per heavy atom. The summed E-state index contributed by atoms with van der Waals surface area (Å²) in [5.41, 5.74) is 0.738. The Balaban J connectivity index is 1.83. The smallest absolute Gasteiger partial charge is 0.339 e. The van der Waals surface area contributed by atoms with Crippen LogP contribution < -0.4 is 5.32 Å². The van der Waals surface area contributed by atoms with Gasteiger partial charge in [0.2, 0.25) is 6.39 Å². The van der Waals surface area contributed by atoms with Crippen LogP contribution in [0, 0.1) is 0 Å². The van der Waals surface area contributed by atoms with Crippen LogP contribution in [0.5, 0.6) is 0 Å². The zero-order valence-electron chi connectivity index (χ0n) is 10.4. The summed E-state index contributed by atoms with van der Waals surface area (Å²) in [5, 5.41) is 16.6. The van der Waals surface area contributed by atoms with Crippen molar-refractivity contribution in [2.75, 3.05) is 0 Å². The number of carboxylic acids is 1. The van der Waals surface area contributed by atoms with Crippen LogP contribution in [0.4, 0.5) is 0 Å². The molecule has 0 saturated carbocycles. The zero-order chi connectivity index (χ0) is 13.9. The molecule has 0 aliphatic carbocycles. The van der Waals surface area contributed by atoms with Gasteiger partial charge in [-0.25, -0.2) is 4.79 Å². The third-order valence-electron chi connectivity index (χ3n) is 2.86. The molecule has 0 atom stereocenters. The van der Waals surface area contributed by atoms with Gasteiger partial charge in [-0.2, -0.15) is 4.98 Å². The first-order valence-corrected chi connectivity index (χ1v) is 5.95. The van der Waals surface area contributed by atoms with Crippen LogP contribution in [0.3, 0.4) is 0 Å². The summed E-state index contributed by atoms with van der Waals surface area (Å²) < 4.78 is 10.2. The number of hydrogen-bond acceptors (Lipinski definition) is 6. The molecule has 3 aromatic rings. The Morgan fingerprint density at radius 2 is 2.15 bits per heavy atom. The van der Waals surface area contributed by atoms with Gasteiger partial charge in [0.1, 0.15) is 16.9 Å². The number of benzene rings is 1. The van der Waals surface area contributed by atoms with E-state index in [-0.39, 0.29) is 12.1 Å². The Kier molecular flexibility index (Phi) is 3.18. The van der Waals surface area contributed by atoms with E-state index in [9.17, 15) is 9.90 Å². The lowest BCUT2D eigenvalue weighted by molar-refractivity contribution is 0.0696. The van der Waals surface area contributed by atoms with Crippen LogP contribution in [0.2, 0.25) is 0 Å². The van der Waals surface area contributed by atoms with Gasteiger partial charge in [-0.05, 0) is 6.07 Å². The van der Waals surface area contributed by atoms with Crippen LogP contribution in [-0.2, 0) is 13.1 Å². The molecule has 0 bridgehead atoms. The van der Waals surface area contributed by atoms with E-state index in [0.29, 0.717) is 29.1 Å². The molecule has 0 radical (unpaired) electrons. The highest BCUT2D eigenvalue weighted by molar-refractivity contribution is 6.03. The third kappa shape index (κ3) is 2.26. The highest BCUT2D eigenvalue weighted by atomic mass is 16.5. The summed E-state index contributed by atoms with van der Waals surface area (Å²) in [5.74, 6) is -0.133. The molecule has 102 valence electrons. The van der Waals surface area contributed by atoms with Crippen molar-refractivity contribution in [3.8, 4) is 0 Å². The molecule has 0 unspecified atom stereocenters. The number of aromatic carboxylic acids is 1. The van der Waals surface area contributed by atoms with Crippen LogP contribution in [0.1, 0.15) is 21.9 Å². The molecule has 0 aliphatic rings. The van der Waals surface area contributed by atoms with Crippen LogP contribution in [0.15, 0.2) is 39.6 Å². The van der Waals surface area contributed by atoms with Gasteiger partial charge in [0.05, 0.1) is 13.1 Å². The predicted molar refractivity (Wildman–Crippen MR) is 68.0 cm³/mol. The predicted octanol–water partition coefficient (Wildman–Crippen LogP) is 1.80. The third-order valence-corrected chi connectivity index (χ3v) is 2.86. The van der Waals surface area contributed by atoms with Gasteiger partial charge >= 0.3 is 5.97 Å². The van der Waals surface area contributed by atoms with E-state index in [4.69, 9.17) is 4.42 Å². The van der Waals surface area contributed by atoms with Crippen molar-refractivity contribution in [2.45, 2.75) is 13.1 Å². The van der Waals surface area contributed by atoms with Crippen molar-refractivity contribution < 1.29 is 18.8 Å². The number of carbonyl (C=O) groups is 1. The Labute approximate surface area is 113 Å². The van der Waals surface area contributed by atoms with E-state index in [1.165, 1.54) is 6.39 Å². The van der Waals surface area contributed by atoms with E-state index in [2.05, 4.69) is 20.0 Å². The molecule has 0 fully saturated rings. The first-order chi connectivity index (χ1) is 9.75. The second-order valence-electron chi connectivity index (χ2n) is 4.15. The molecule has 7 nitrogen and oxygen atoms in total. The molecule has 2 N–H and O–H groups in total. The highest BCUT2D eigenvalue weighted by Gasteiger charge is 2.19. The van der Waals surface area contributed by atoms with Crippen LogP contribution >= 0.6 is 0 Å². The largest absolute Gasteiger partial charge is 0.478 e. The number of nitrogens with zero attached hydrogens (tertiary/aromatic N) is 2.